The molecule has 3 rings (SSSR count). The van der Waals surface area contributed by atoms with Gasteiger partial charge >= 0.3 is 6.09 Å². The van der Waals surface area contributed by atoms with Gasteiger partial charge in [0.05, 0.1) is 11.4 Å². The van der Waals surface area contributed by atoms with Gasteiger partial charge < -0.3 is 18.9 Å². The highest BCUT2D eigenvalue weighted by molar-refractivity contribution is 5.77. The van der Waals surface area contributed by atoms with Gasteiger partial charge in [-0.25, -0.2) is 19.2 Å². The summed E-state index contributed by atoms with van der Waals surface area (Å²) in [6.07, 6.45) is 7.12. The van der Waals surface area contributed by atoms with Crippen LogP contribution in [-0.2, 0) is 4.74 Å². The molecular weight excluding hydrogens is 535 g/mol. The largest absolute Gasteiger partial charge is 0.444 e. The van der Waals surface area contributed by atoms with Crippen molar-refractivity contribution in [3.05, 3.63) is 64.9 Å². The number of hydrogen-bond donors (Lipinski definition) is 0. The molecule has 0 N–H and O–H groups in total. The molecule has 0 unspecified atom stereocenters. The van der Waals surface area contributed by atoms with E-state index in [2.05, 4.69) is 9.88 Å². The number of rotatable bonds is 8. The Morgan fingerprint density at radius 3 is 2.33 bits per heavy atom. The third-order valence-corrected chi connectivity index (χ3v) is 6.57. The van der Waals surface area contributed by atoms with Gasteiger partial charge in [0.25, 0.3) is 0 Å². The van der Waals surface area contributed by atoms with Crippen LogP contribution in [-0.4, -0.2) is 63.1 Å². The number of amides is 1. The van der Waals surface area contributed by atoms with Crippen LogP contribution in [0.2, 0.25) is 0 Å². The average Bonchev–Trinajstić information content (AvgIpc) is 3.41. The van der Waals surface area contributed by atoms with Gasteiger partial charge in [0, 0.05) is 64.0 Å². The molecule has 42 heavy (non-hydrogen) atoms. The third kappa shape index (κ3) is 8.53. The number of carbonyl (C=O) groups is 2. The average molecular weight is 583 g/mol. The van der Waals surface area contributed by atoms with E-state index in [1.165, 1.54) is 17.6 Å². The number of aromatic nitrogens is 3. The molecule has 0 aliphatic rings. The normalized spacial score (nSPS) is 12.4. The number of halogens is 1. The van der Waals surface area contributed by atoms with Gasteiger partial charge in [-0.2, -0.15) is 0 Å². The Kier molecular flexibility index (Phi) is 12.1. The number of pyridine rings is 2. The second-order valence-corrected chi connectivity index (χ2v) is 10.9. The summed E-state index contributed by atoms with van der Waals surface area (Å²) < 4.78 is 23.4. The Bertz CT molecular complexity index is 1500. The molecule has 0 bridgehead atoms. The van der Waals surface area contributed by atoms with Crippen LogP contribution in [0.15, 0.2) is 47.5 Å². The van der Waals surface area contributed by atoms with Crippen LogP contribution in [0.1, 0.15) is 84.7 Å². The SMILES string of the molecule is CC.CC/C(C)=C(/N=c1c(C)cc(N(CC)CCN(C)C(=O)OC(C)(C)C)cn1C(C)=O)c1cc(F)c2nccn2c1. The van der Waals surface area contributed by atoms with E-state index in [1.54, 1.807) is 41.1 Å². The quantitative estimate of drug-likeness (QED) is 0.295. The fraction of sp³-hybridized carbons (Fsp3) is 0.500. The summed E-state index contributed by atoms with van der Waals surface area (Å²) in [6.45, 7) is 20.5. The van der Waals surface area contributed by atoms with Crippen molar-refractivity contribution < 1.29 is 18.7 Å². The predicted octanol–water partition coefficient (Wildman–Crippen LogP) is 6.70. The van der Waals surface area contributed by atoms with Crippen LogP contribution in [0, 0.1) is 12.7 Å². The fourth-order valence-electron chi connectivity index (χ4n) is 4.23. The van der Waals surface area contributed by atoms with E-state index < -0.39 is 11.4 Å². The highest BCUT2D eigenvalue weighted by atomic mass is 19.1. The summed E-state index contributed by atoms with van der Waals surface area (Å²) in [4.78, 5) is 37.9. The second-order valence-electron chi connectivity index (χ2n) is 10.9. The first-order valence-corrected chi connectivity index (χ1v) is 14.6. The molecule has 0 aromatic carbocycles. The molecule has 230 valence electrons. The van der Waals surface area contributed by atoms with Crippen molar-refractivity contribution in [2.45, 2.75) is 81.3 Å². The first-order chi connectivity index (χ1) is 19.7. The molecule has 9 nitrogen and oxygen atoms in total. The van der Waals surface area contributed by atoms with Crippen molar-refractivity contribution in [1.29, 1.82) is 0 Å². The molecule has 0 radical (unpaired) electrons. The first kappa shape index (κ1) is 34.3. The lowest BCUT2D eigenvalue weighted by atomic mass is 10.1. The van der Waals surface area contributed by atoms with E-state index in [1.807, 2.05) is 68.4 Å². The zero-order chi connectivity index (χ0) is 31.8. The molecule has 3 heterocycles. The minimum atomic E-state index is -0.570. The topological polar surface area (TPSA) is 84.4 Å². The maximum atomic E-state index is 14.8. The fourth-order valence-corrected chi connectivity index (χ4v) is 4.23. The predicted molar refractivity (Wildman–Crippen MR) is 167 cm³/mol. The number of hydrogen-bond acceptors (Lipinski definition) is 6. The number of allylic oxidation sites excluding steroid dienone is 1. The Hall–Kier alpha value is -3.95. The van der Waals surface area contributed by atoms with Crippen LogP contribution in [0.4, 0.5) is 14.9 Å². The maximum Gasteiger partial charge on any atom is 0.410 e. The molecule has 0 aliphatic heterocycles. The molecule has 0 saturated heterocycles. The van der Waals surface area contributed by atoms with Gasteiger partial charge in [-0.3, -0.25) is 9.36 Å². The van der Waals surface area contributed by atoms with Gasteiger partial charge in [-0.1, -0.05) is 20.8 Å². The van der Waals surface area contributed by atoms with E-state index >= 15 is 0 Å². The van der Waals surface area contributed by atoms with Crippen LogP contribution < -0.4 is 10.4 Å². The van der Waals surface area contributed by atoms with E-state index in [4.69, 9.17) is 9.73 Å². The van der Waals surface area contributed by atoms with Crippen LogP contribution in [0.3, 0.4) is 0 Å². The van der Waals surface area contributed by atoms with Crippen molar-refractivity contribution in [2.24, 2.45) is 4.99 Å². The maximum absolute atomic E-state index is 14.8. The lowest BCUT2D eigenvalue weighted by Crippen LogP contribution is -2.40. The van der Waals surface area contributed by atoms with Crippen LogP contribution in [0.5, 0.6) is 0 Å². The standard InChI is InChI=1S/C30H41FN6O3.C2H6/c1-10-20(3)26(23-17-25(31)28-32-12-13-36(28)18-23)33-27-21(4)16-24(19-37(27)22(5)38)35(11-2)15-14-34(9)29(39)40-30(6,7)8;1-2/h12-13,16-19H,10-11,14-15H2,1-9H3;1-2H3/b26-20+,33-27?;. The zero-order valence-corrected chi connectivity index (χ0v) is 27.1. The Morgan fingerprint density at radius 1 is 1.10 bits per heavy atom. The molecule has 0 saturated carbocycles. The smallest absolute Gasteiger partial charge is 0.410 e. The summed E-state index contributed by atoms with van der Waals surface area (Å²) in [5.74, 6) is -0.643. The molecule has 3 aromatic rings. The molecular formula is C32H47FN6O3. The first-order valence-electron chi connectivity index (χ1n) is 14.6. The van der Waals surface area contributed by atoms with Crippen molar-refractivity contribution in [2.75, 3.05) is 31.6 Å². The van der Waals surface area contributed by atoms with Crippen molar-refractivity contribution in [3.63, 3.8) is 0 Å². The van der Waals surface area contributed by atoms with Crippen molar-refractivity contribution in [3.8, 4) is 0 Å². The monoisotopic (exact) mass is 582 g/mol. The number of carbonyl (C=O) groups excluding carboxylic acids is 2. The molecule has 3 aromatic heterocycles. The Morgan fingerprint density at radius 2 is 1.76 bits per heavy atom. The molecule has 0 atom stereocenters. The van der Waals surface area contributed by atoms with Gasteiger partial charge in [-0.15, -0.1) is 0 Å². The van der Waals surface area contributed by atoms with E-state index in [9.17, 15) is 14.0 Å². The third-order valence-electron chi connectivity index (χ3n) is 6.57. The number of ether oxygens (including phenoxy) is 1. The minimum Gasteiger partial charge on any atom is -0.444 e. The van der Waals surface area contributed by atoms with E-state index in [-0.39, 0.29) is 17.6 Å². The summed E-state index contributed by atoms with van der Waals surface area (Å²) in [5.41, 5.74) is 3.93. The van der Waals surface area contributed by atoms with Gasteiger partial charge in [0.1, 0.15) is 11.1 Å². The summed E-state index contributed by atoms with van der Waals surface area (Å²) >= 11 is 0. The number of fused-ring (bicyclic) bond motifs is 1. The van der Waals surface area contributed by atoms with E-state index in [0.29, 0.717) is 42.8 Å². The summed E-state index contributed by atoms with van der Waals surface area (Å²) in [7, 11) is 1.71. The lowest BCUT2D eigenvalue weighted by Gasteiger charge is -2.29. The number of likely N-dealkylation sites (N-methyl/N-ethyl adjacent to an activating group) is 2. The lowest BCUT2D eigenvalue weighted by molar-refractivity contribution is 0.0303. The molecule has 0 aliphatic carbocycles. The highest BCUT2D eigenvalue weighted by Crippen LogP contribution is 2.24. The number of aryl methyl sites for hydroxylation is 1. The molecule has 0 spiro atoms. The van der Waals surface area contributed by atoms with Crippen LogP contribution >= 0.6 is 0 Å². The van der Waals surface area contributed by atoms with Crippen molar-refractivity contribution >= 4 is 29.0 Å². The van der Waals surface area contributed by atoms with Gasteiger partial charge in [0.2, 0.25) is 5.91 Å². The number of anilines is 1. The summed E-state index contributed by atoms with van der Waals surface area (Å²) in [6, 6.07) is 3.41. The van der Waals surface area contributed by atoms with Gasteiger partial charge in [0.15, 0.2) is 11.5 Å². The minimum absolute atomic E-state index is 0.199. The number of imidazole rings is 1. The Balaban J connectivity index is 0.00000301. The second kappa shape index (κ2) is 14.8. The molecule has 1 amide bonds. The molecule has 10 heteroatoms. The summed E-state index contributed by atoms with van der Waals surface area (Å²) in [5, 5.41) is 0. The van der Waals surface area contributed by atoms with Crippen LogP contribution in [0.25, 0.3) is 11.3 Å². The molecule has 0 fully saturated rings. The van der Waals surface area contributed by atoms with Crippen molar-refractivity contribution in [1.82, 2.24) is 18.9 Å². The van der Waals surface area contributed by atoms with Gasteiger partial charge in [-0.05, 0) is 71.2 Å². The van der Waals surface area contributed by atoms with E-state index in [0.717, 1.165) is 16.8 Å². The number of nitrogens with zero attached hydrogens (tertiary/aromatic N) is 6. The zero-order valence-electron chi connectivity index (χ0n) is 27.1. The Labute approximate surface area is 249 Å². The highest BCUT2D eigenvalue weighted by Gasteiger charge is 2.20.